The lowest BCUT2D eigenvalue weighted by Crippen LogP contribution is -2.14. The zero-order valence-corrected chi connectivity index (χ0v) is 16.2. The molecule has 0 bridgehead atoms. The number of hydrogen-bond donors (Lipinski definition) is 0. The van der Waals surface area contributed by atoms with Crippen LogP contribution < -0.4 is 0 Å². The number of alkyl halides is 3. The van der Waals surface area contributed by atoms with Gasteiger partial charge < -0.3 is 0 Å². The second-order valence-corrected chi connectivity index (χ2v) is 8.81. The highest BCUT2D eigenvalue weighted by Gasteiger charge is 2.28. The molecular formula is C21H23Cl3. The van der Waals surface area contributed by atoms with E-state index in [0.717, 1.165) is 12.8 Å². The van der Waals surface area contributed by atoms with E-state index in [1.165, 1.54) is 16.7 Å². The van der Waals surface area contributed by atoms with Crippen LogP contribution in [0.1, 0.15) is 47.8 Å². The predicted molar refractivity (Wildman–Crippen MR) is 107 cm³/mol. The standard InChI is InChI=1S/C21H23Cl3/c1-3-7-19(17-8-5-4-6-9-17)14-20(15-21(22,23)24)18-12-10-16(2)11-13-18/h3-6,8-13,19-20H,1,7,14-15H2,2H3. The molecule has 0 saturated heterocycles. The van der Waals surface area contributed by atoms with Crippen LogP contribution in [0.3, 0.4) is 0 Å². The molecule has 128 valence electrons. The molecule has 0 aliphatic heterocycles. The average molecular weight is 382 g/mol. The molecule has 0 saturated carbocycles. The largest absolute Gasteiger partial charge is 0.191 e. The van der Waals surface area contributed by atoms with Gasteiger partial charge >= 0.3 is 0 Å². The normalized spacial score (nSPS) is 14.2. The monoisotopic (exact) mass is 380 g/mol. The van der Waals surface area contributed by atoms with Gasteiger partial charge in [0.1, 0.15) is 0 Å². The maximum absolute atomic E-state index is 6.13. The highest BCUT2D eigenvalue weighted by Crippen LogP contribution is 2.42. The molecular weight excluding hydrogens is 359 g/mol. The minimum atomic E-state index is -1.26. The molecule has 0 amide bonds. The lowest BCUT2D eigenvalue weighted by Gasteiger charge is -2.26. The summed E-state index contributed by atoms with van der Waals surface area (Å²) < 4.78 is -1.26. The third kappa shape index (κ3) is 6.16. The molecule has 0 aliphatic carbocycles. The Bertz CT molecular complexity index is 626. The second kappa shape index (κ2) is 8.94. The number of allylic oxidation sites excluding steroid dienone is 1. The topological polar surface area (TPSA) is 0 Å². The van der Waals surface area contributed by atoms with E-state index < -0.39 is 3.79 Å². The quantitative estimate of drug-likeness (QED) is 0.342. The lowest BCUT2D eigenvalue weighted by atomic mass is 9.82. The Hall–Kier alpha value is -0.950. The van der Waals surface area contributed by atoms with Crippen molar-refractivity contribution in [2.24, 2.45) is 0 Å². The first-order chi connectivity index (χ1) is 11.4. The number of hydrogen-bond acceptors (Lipinski definition) is 0. The Kier molecular flexibility index (Phi) is 7.22. The van der Waals surface area contributed by atoms with Crippen LogP contribution in [-0.4, -0.2) is 3.79 Å². The maximum Gasteiger partial charge on any atom is 0.191 e. The van der Waals surface area contributed by atoms with E-state index >= 15 is 0 Å². The summed E-state index contributed by atoms with van der Waals surface area (Å²) in [5.41, 5.74) is 3.76. The summed E-state index contributed by atoms with van der Waals surface area (Å²) in [5.74, 6) is 0.547. The number of halogens is 3. The van der Waals surface area contributed by atoms with Gasteiger partial charge in [0.2, 0.25) is 0 Å². The number of aryl methyl sites for hydroxylation is 1. The Morgan fingerprint density at radius 3 is 2.04 bits per heavy atom. The van der Waals surface area contributed by atoms with Gasteiger partial charge in [0.15, 0.2) is 3.79 Å². The molecule has 3 heteroatoms. The van der Waals surface area contributed by atoms with E-state index in [4.69, 9.17) is 34.8 Å². The van der Waals surface area contributed by atoms with E-state index in [9.17, 15) is 0 Å². The molecule has 2 rings (SSSR count). The minimum Gasteiger partial charge on any atom is -0.103 e. The fraction of sp³-hybridized carbons (Fsp3) is 0.333. The van der Waals surface area contributed by atoms with Crippen LogP contribution in [0.5, 0.6) is 0 Å². The second-order valence-electron chi connectivity index (χ2n) is 6.29. The van der Waals surface area contributed by atoms with Crippen molar-refractivity contribution < 1.29 is 0 Å². The fourth-order valence-electron chi connectivity index (χ4n) is 3.09. The summed E-state index contributed by atoms with van der Waals surface area (Å²) in [6.45, 7) is 6.00. The molecule has 0 fully saturated rings. The van der Waals surface area contributed by atoms with E-state index in [-0.39, 0.29) is 5.92 Å². The van der Waals surface area contributed by atoms with Gasteiger partial charge in [0, 0.05) is 6.42 Å². The van der Waals surface area contributed by atoms with Gasteiger partial charge in [-0.15, -0.1) is 6.58 Å². The van der Waals surface area contributed by atoms with E-state index in [2.05, 4.69) is 62.0 Å². The molecule has 2 unspecified atom stereocenters. The first-order valence-electron chi connectivity index (χ1n) is 8.18. The predicted octanol–water partition coefficient (Wildman–Crippen LogP) is 7.59. The van der Waals surface area contributed by atoms with Gasteiger partial charge in [-0.05, 0) is 42.7 Å². The minimum absolute atomic E-state index is 0.184. The summed E-state index contributed by atoms with van der Waals surface area (Å²) in [5, 5.41) is 0. The highest BCUT2D eigenvalue weighted by molar-refractivity contribution is 6.67. The van der Waals surface area contributed by atoms with E-state index in [0.29, 0.717) is 12.3 Å². The maximum atomic E-state index is 6.13. The van der Waals surface area contributed by atoms with Crippen molar-refractivity contribution in [2.75, 3.05) is 0 Å². The van der Waals surface area contributed by atoms with Gasteiger partial charge in [-0.25, -0.2) is 0 Å². The van der Waals surface area contributed by atoms with Crippen molar-refractivity contribution in [2.45, 2.75) is 41.8 Å². The van der Waals surface area contributed by atoms with Crippen molar-refractivity contribution in [1.82, 2.24) is 0 Å². The molecule has 0 spiro atoms. The Balaban J connectivity index is 2.27. The average Bonchev–Trinajstić information content (AvgIpc) is 2.54. The molecule has 24 heavy (non-hydrogen) atoms. The van der Waals surface area contributed by atoms with Crippen molar-refractivity contribution in [3.63, 3.8) is 0 Å². The summed E-state index contributed by atoms with van der Waals surface area (Å²) in [7, 11) is 0. The van der Waals surface area contributed by atoms with Crippen LogP contribution in [0, 0.1) is 6.92 Å². The third-order valence-electron chi connectivity index (χ3n) is 4.32. The van der Waals surface area contributed by atoms with Gasteiger partial charge in [-0.1, -0.05) is 101 Å². The Labute approximate surface area is 160 Å². The van der Waals surface area contributed by atoms with E-state index in [1.54, 1.807) is 0 Å². The van der Waals surface area contributed by atoms with Gasteiger partial charge in [-0.2, -0.15) is 0 Å². The Morgan fingerprint density at radius 2 is 1.50 bits per heavy atom. The van der Waals surface area contributed by atoms with Crippen molar-refractivity contribution in [3.8, 4) is 0 Å². The third-order valence-corrected chi connectivity index (χ3v) is 4.78. The van der Waals surface area contributed by atoms with Crippen molar-refractivity contribution in [1.29, 1.82) is 0 Å². The van der Waals surface area contributed by atoms with Crippen LogP contribution in [0.15, 0.2) is 67.3 Å². The zero-order valence-electron chi connectivity index (χ0n) is 13.9. The first kappa shape index (κ1) is 19.4. The molecule has 0 aliphatic rings. The number of rotatable bonds is 7. The molecule has 2 aromatic rings. The fourth-order valence-corrected chi connectivity index (χ4v) is 3.65. The Morgan fingerprint density at radius 1 is 0.917 bits per heavy atom. The van der Waals surface area contributed by atoms with Gasteiger partial charge in [0.05, 0.1) is 0 Å². The molecule has 0 radical (unpaired) electrons. The van der Waals surface area contributed by atoms with Crippen molar-refractivity contribution in [3.05, 3.63) is 83.9 Å². The van der Waals surface area contributed by atoms with Crippen LogP contribution in [0.2, 0.25) is 0 Å². The molecule has 2 atom stereocenters. The summed E-state index contributed by atoms with van der Waals surface area (Å²) in [4.78, 5) is 0. The van der Waals surface area contributed by atoms with Gasteiger partial charge in [0.25, 0.3) is 0 Å². The van der Waals surface area contributed by atoms with Crippen LogP contribution in [0.25, 0.3) is 0 Å². The first-order valence-corrected chi connectivity index (χ1v) is 9.31. The molecule has 0 nitrogen and oxygen atoms in total. The summed E-state index contributed by atoms with van der Waals surface area (Å²) in [6.07, 6.45) is 4.31. The lowest BCUT2D eigenvalue weighted by molar-refractivity contribution is 0.510. The smallest absolute Gasteiger partial charge is 0.103 e. The van der Waals surface area contributed by atoms with Crippen molar-refractivity contribution >= 4 is 34.8 Å². The highest BCUT2D eigenvalue weighted by atomic mass is 35.6. The molecule has 0 heterocycles. The molecule has 0 N–H and O–H groups in total. The summed E-state index contributed by atoms with van der Waals surface area (Å²) >= 11 is 18.4. The molecule has 2 aromatic carbocycles. The zero-order chi connectivity index (χ0) is 17.6. The van der Waals surface area contributed by atoms with Crippen LogP contribution >= 0.6 is 34.8 Å². The molecule has 0 aromatic heterocycles. The summed E-state index contributed by atoms with van der Waals surface area (Å²) in [6, 6.07) is 19.0. The number of benzene rings is 2. The SMILES string of the molecule is C=CCC(CC(CC(Cl)(Cl)Cl)c1ccc(C)cc1)c1ccccc1. The van der Waals surface area contributed by atoms with Crippen LogP contribution in [-0.2, 0) is 0 Å². The van der Waals surface area contributed by atoms with Crippen LogP contribution in [0.4, 0.5) is 0 Å². The van der Waals surface area contributed by atoms with Gasteiger partial charge in [-0.3, -0.25) is 0 Å². The van der Waals surface area contributed by atoms with E-state index in [1.807, 2.05) is 12.1 Å².